The van der Waals surface area contributed by atoms with Gasteiger partial charge in [0.15, 0.2) is 0 Å². The van der Waals surface area contributed by atoms with Crippen molar-refractivity contribution in [2.24, 2.45) is 0 Å². The number of amides is 1. The first-order valence-corrected chi connectivity index (χ1v) is 12.1. The van der Waals surface area contributed by atoms with E-state index in [0.717, 1.165) is 74.8 Å². The highest BCUT2D eigenvalue weighted by Crippen LogP contribution is 2.32. The van der Waals surface area contributed by atoms with E-state index in [1.54, 1.807) is 6.20 Å². The van der Waals surface area contributed by atoms with Crippen LogP contribution >= 0.6 is 0 Å². The van der Waals surface area contributed by atoms with Crippen LogP contribution in [-0.2, 0) is 12.8 Å². The summed E-state index contributed by atoms with van der Waals surface area (Å²) in [6, 6.07) is 10.7. The van der Waals surface area contributed by atoms with Crippen molar-refractivity contribution >= 4 is 11.7 Å². The van der Waals surface area contributed by atoms with E-state index >= 15 is 0 Å². The molecule has 1 amide bonds. The van der Waals surface area contributed by atoms with Gasteiger partial charge in [0, 0.05) is 49.0 Å². The number of aromatic nitrogens is 4. The first-order chi connectivity index (χ1) is 16.1. The molecule has 7 heteroatoms. The normalized spacial score (nSPS) is 18.3. The van der Waals surface area contributed by atoms with Gasteiger partial charge in [0.1, 0.15) is 11.6 Å². The Kier molecular flexibility index (Phi) is 6.11. The minimum Gasteiger partial charge on any atom is -0.356 e. The highest BCUT2D eigenvalue weighted by Gasteiger charge is 2.30. The fraction of sp³-hybridized carbons (Fsp3) is 0.462. The predicted octanol–water partition coefficient (Wildman–Crippen LogP) is 3.83. The first kappa shape index (κ1) is 21.6. The maximum absolute atomic E-state index is 13.0. The highest BCUT2D eigenvalue weighted by molar-refractivity contribution is 5.95. The number of carbonyl (C=O) groups is 1. The van der Waals surface area contributed by atoms with E-state index in [-0.39, 0.29) is 11.8 Å². The third-order valence-electron chi connectivity index (χ3n) is 7.01. The number of piperidine rings is 1. The second-order valence-electron chi connectivity index (χ2n) is 9.29. The van der Waals surface area contributed by atoms with Gasteiger partial charge >= 0.3 is 0 Å². The van der Waals surface area contributed by atoms with Crippen molar-refractivity contribution in [3.63, 3.8) is 0 Å². The average Bonchev–Trinajstić information content (AvgIpc) is 3.28. The van der Waals surface area contributed by atoms with E-state index in [1.807, 2.05) is 11.8 Å². The van der Waals surface area contributed by atoms with E-state index in [4.69, 9.17) is 9.97 Å². The number of H-pyrrole nitrogens is 1. The van der Waals surface area contributed by atoms with Crippen LogP contribution in [0.15, 0.2) is 36.5 Å². The lowest BCUT2D eigenvalue weighted by Crippen LogP contribution is -2.40. The third kappa shape index (κ3) is 4.49. The zero-order valence-electron chi connectivity index (χ0n) is 19.5. The van der Waals surface area contributed by atoms with Gasteiger partial charge in [-0.3, -0.25) is 9.89 Å². The Labute approximate surface area is 195 Å². The van der Waals surface area contributed by atoms with Crippen LogP contribution in [0.1, 0.15) is 63.9 Å². The van der Waals surface area contributed by atoms with Gasteiger partial charge in [-0.1, -0.05) is 30.3 Å². The molecule has 0 aliphatic carbocycles. The fourth-order valence-corrected chi connectivity index (χ4v) is 5.13. The molecule has 33 heavy (non-hydrogen) atoms. The van der Waals surface area contributed by atoms with Gasteiger partial charge in [0.05, 0.1) is 11.8 Å². The second-order valence-corrected chi connectivity index (χ2v) is 9.29. The summed E-state index contributed by atoms with van der Waals surface area (Å²) in [7, 11) is 0. The van der Waals surface area contributed by atoms with E-state index in [1.165, 1.54) is 11.1 Å². The van der Waals surface area contributed by atoms with Crippen LogP contribution < -0.4 is 4.90 Å². The topological polar surface area (TPSA) is 78.0 Å². The van der Waals surface area contributed by atoms with Crippen LogP contribution in [-0.4, -0.2) is 57.2 Å². The van der Waals surface area contributed by atoms with Gasteiger partial charge in [-0.15, -0.1) is 0 Å². The molecule has 5 rings (SSSR count). The first-order valence-electron chi connectivity index (χ1n) is 12.1. The Morgan fingerprint density at radius 3 is 2.76 bits per heavy atom. The number of anilines is 1. The zero-order chi connectivity index (χ0) is 22.8. The van der Waals surface area contributed by atoms with Gasteiger partial charge in [-0.2, -0.15) is 5.10 Å². The van der Waals surface area contributed by atoms with E-state index < -0.39 is 0 Å². The minimum absolute atomic E-state index is 0.0464. The number of carbonyl (C=O) groups excluding carboxylic acids is 1. The molecule has 0 radical (unpaired) electrons. The standard InChI is InChI=1S/C26H32N6O/c1-18-22-11-7-13-31(15-12-20-8-4-3-5-9-20)25(22)29-24(28-18)21-10-6-14-32(17-21)26(33)23-16-27-30-19(23)2/h3-5,8-9,16,21H,6-7,10-15,17H2,1-2H3,(H,27,30). The summed E-state index contributed by atoms with van der Waals surface area (Å²) >= 11 is 0. The maximum Gasteiger partial charge on any atom is 0.257 e. The predicted molar refractivity (Wildman–Crippen MR) is 129 cm³/mol. The molecular weight excluding hydrogens is 412 g/mol. The number of aromatic amines is 1. The molecule has 2 aliphatic heterocycles. The molecule has 1 atom stereocenters. The van der Waals surface area contributed by atoms with Crippen LogP contribution in [0.4, 0.5) is 5.82 Å². The van der Waals surface area contributed by atoms with Gasteiger partial charge in [0.2, 0.25) is 0 Å². The molecule has 0 bridgehead atoms. The zero-order valence-corrected chi connectivity index (χ0v) is 19.5. The molecule has 0 spiro atoms. The average molecular weight is 445 g/mol. The van der Waals surface area contributed by atoms with Crippen LogP contribution in [0.25, 0.3) is 0 Å². The fourth-order valence-electron chi connectivity index (χ4n) is 5.13. The number of hydrogen-bond acceptors (Lipinski definition) is 5. The number of likely N-dealkylation sites (tertiary alicyclic amines) is 1. The van der Waals surface area contributed by atoms with Gasteiger partial charge in [-0.25, -0.2) is 9.97 Å². The van der Waals surface area contributed by atoms with Crippen molar-refractivity contribution in [1.29, 1.82) is 0 Å². The lowest BCUT2D eigenvalue weighted by Gasteiger charge is -2.34. The molecule has 0 saturated carbocycles. The molecule has 1 fully saturated rings. The van der Waals surface area contributed by atoms with Gasteiger partial charge < -0.3 is 9.80 Å². The Morgan fingerprint density at radius 1 is 1.12 bits per heavy atom. The lowest BCUT2D eigenvalue weighted by atomic mass is 9.95. The molecular formula is C26H32N6O. The van der Waals surface area contributed by atoms with E-state index in [0.29, 0.717) is 12.1 Å². The number of benzene rings is 1. The van der Waals surface area contributed by atoms with Crippen molar-refractivity contribution in [2.45, 2.75) is 51.9 Å². The van der Waals surface area contributed by atoms with Crippen LogP contribution in [0.5, 0.6) is 0 Å². The number of nitrogens with zero attached hydrogens (tertiary/aromatic N) is 5. The summed E-state index contributed by atoms with van der Waals surface area (Å²) < 4.78 is 0. The third-order valence-corrected chi connectivity index (χ3v) is 7.01. The quantitative estimate of drug-likeness (QED) is 0.647. The van der Waals surface area contributed by atoms with Crippen molar-refractivity contribution in [1.82, 2.24) is 25.1 Å². The van der Waals surface area contributed by atoms with Gasteiger partial charge in [-0.05, 0) is 51.5 Å². The Balaban J connectivity index is 1.36. The molecule has 2 aromatic heterocycles. The number of fused-ring (bicyclic) bond motifs is 1. The van der Waals surface area contributed by atoms with Crippen LogP contribution in [0.3, 0.4) is 0 Å². The monoisotopic (exact) mass is 444 g/mol. The molecule has 1 unspecified atom stereocenters. The summed E-state index contributed by atoms with van der Waals surface area (Å²) in [6.07, 6.45) is 6.79. The number of aryl methyl sites for hydroxylation is 2. The van der Waals surface area contributed by atoms with Gasteiger partial charge in [0.25, 0.3) is 5.91 Å². The summed E-state index contributed by atoms with van der Waals surface area (Å²) in [5.74, 6) is 2.20. The van der Waals surface area contributed by atoms with Crippen LogP contribution in [0, 0.1) is 13.8 Å². The molecule has 3 aromatic rings. The SMILES string of the molecule is Cc1nc(C2CCCN(C(=O)c3cn[nH]c3C)C2)nc2c1CCCN2CCc1ccccc1. The number of nitrogens with one attached hydrogen (secondary N) is 1. The van der Waals surface area contributed by atoms with Crippen molar-refractivity contribution in [3.05, 3.63) is 70.4 Å². The molecule has 4 heterocycles. The highest BCUT2D eigenvalue weighted by atomic mass is 16.2. The number of rotatable bonds is 5. The number of hydrogen-bond donors (Lipinski definition) is 1. The van der Waals surface area contributed by atoms with Crippen molar-refractivity contribution < 1.29 is 4.79 Å². The van der Waals surface area contributed by atoms with E-state index in [2.05, 4.69) is 52.4 Å². The maximum atomic E-state index is 13.0. The summed E-state index contributed by atoms with van der Waals surface area (Å²) in [6.45, 7) is 7.43. The van der Waals surface area contributed by atoms with Crippen LogP contribution in [0.2, 0.25) is 0 Å². The Morgan fingerprint density at radius 2 is 1.97 bits per heavy atom. The van der Waals surface area contributed by atoms with Crippen molar-refractivity contribution in [2.75, 3.05) is 31.1 Å². The molecule has 7 nitrogen and oxygen atoms in total. The molecule has 1 N–H and O–H groups in total. The second kappa shape index (κ2) is 9.33. The van der Waals surface area contributed by atoms with Crippen molar-refractivity contribution in [3.8, 4) is 0 Å². The molecule has 1 aromatic carbocycles. The molecule has 1 saturated heterocycles. The Bertz CT molecular complexity index is 1130. The minimum atomic E-state index is 0.0464. The smallest absolute Gasteiger partial charge is 0.257 e. The Hall–Kier alpha value is -3.22. The summed E-state index contributed by atoms with van der Waals surface area (Å²) in [5.41, 5.74) is 5.21. The molecule has 2 aliphatic rings. The largest absolute Gasteiger partial charge is 0.356 e. The van der Waals surface area contributed by atoms with E-state index in [9.17, 15) is 4.79 Å². The summed E-state index contributed by atoms with van der Waals surface area (Å²) in [4.78, 5) is 27.5. The molecule has 172 valence electrons. The summed E-state index contributed by atoms with van der Waals surface area (Å²) in [5, 5.41) is 6.89. The lowest BCUT2D eigenvalue weighted by molar-refractivity contribution is 0.0704.